The topological polar surface area (TPSA) is 152 Å². The average molecular weight is 426 g/mol. The lowest BCUT2D eigenvalue weighted by molar-refractivity contribution is -0.0511. The number of hydrogen-bond acceptors (Lipinski definition) is 10. The number of aliphatic hydroxyl groups is 3. The lowest BCUT2D eigenvalue weighted by Gasteiger charge is -2.16. The number of pyridine rings is 1. The zero-order valence-electron chi connectivity index (χ0n) is 15.5. The third kappa shape index (κ3) is 3.16. The summed E-state index contributed by atoms with van der Waals surface area (Å²) < 4.78 is 7.07. The highest BCUT2D eigenvalue weighted by molar-refractivity contribution is 7.99. The van der Waals surface area contributed by atoms with Gasteiger partial charge in [-0.2, -0.15) is 0 Å². The van der Waals surface area contributed by atoms with E-state index in [-0.39, 0.29) is 5.82 Å². The van der Waals surface area contributed by atoms with Crippen molar-refractivity contribution in [2.45, 2.75) is 34.6 Å². The van der Waals surface area contributed by atoms with Crippen LogP contribution in [0.2, 0.25) is 0 Å². The molecule has 0 aliphatic carbocycles. The Morgan fingerprint density at radius 2 is 1.97 bits per heavy atom. The van der Waals surface area contributed by atoms with E-state index in [0.717, 1.165) is 15.8 Å². The molecule has 0 bridgehead atoms. The summed E-state index contributed by atoms with van der Waals surface area (Å²) in [5, 5.41) is 31.1. The lowest BCUT2D eigenvalue weighted by Crippen LogP contribution is -2.33. The number of anilines is 1. The first-order chi connectivity index (χ1) is 14.5. The molecule has 0 amide bonds. The van der Waals surface area contributed by atoms with Crippen molar-refractivity contribution >= 4 is 39.6 Å². The first-order valence-corrected chi connectivity index (χ1v) is 10.0. The van der Waals surface area contributed by atoms with E-state index in [1.54, 1.807) is 6.20 Å². The van der Waals surface area contributed by atoms with E-state index in [9.17, 15) is 15.3 Å². The van der Waals surface area contributed by atoms with Gasteiger partial charge in [-0.05, 0) is 23.9 Å². The van der Waals surface area contributed by atoms with Gasteiger partial charge in [-0.1, -0.05) is 18.2 Å². The molecule has 1 aromatic carbocycles. The largest absolute Gasteiger partial charge is 0.394 e. The molecule has 3 aromatic heterocycles. The summed E-state index contributed by atoms with van der Waals surface area (Å²) in [6.45, 7) is -0.422. The third-order valence-electron chi connectivity index (χ3n) is 4.99. The van der Waals surface area contributed by atoms with Gasteiger partial charge in [-0.15, -0.1) is 0 Å². The minimum atomic E-state index is -1.25. The lowest BCUT2D eigenvalue weighted by atomic mass is 10.1. The van der Waals surface area contributed by atoms with E-state index in [0.29, 0.717) is 16.3 Å². The fourth-order valence-corrected chi connectivity index (χ4v) is 4.25. The molecule has 1 fully saturated rings. The van der Waals surface area contributed by atoms with Crippen molar-refractivity contribution in [3.05, 3.63) is 42.9 Å². The Hall–Kier alpha value is -2.83. The highest BCUT2D eigenvalue weighted by Crippen LogP contribution is 2.34. The second kappa shape index (κ2) is 7.45. The molecule has 30 heavy (non-hydrogen) atoms. The fourth-order valence-electron chi connectivity index (χ4n) is 3.47. The zero-order valence-corrected chi connectivity index (χ0v) is 16.3. The number of benzene rings is 1. The molecule has 11 heteroatoms. The van der Waals surface area contributed by atoms with Crippen LogP contribution in [0.5, 0.6) is 0 Å². The van der Waals surface area contributed by atoms with E-state index in [1.165, 1.54) is 22.7 Å². The van der Waals surface area contributed by atoms with Crippen LogP contribution < -0.4 is 5.73 Å². The second-order valence-electron chi connectivity index (χ2n) is 6.91. The number of nitrogens with zero attached hydrogens (tertiary/aromatic N) is 5. The van der Waals surface area contributed by atoms with E-state index in [2.05, 4.69) is 19.9 Å². The molecule has 4 heterocycles. The maximum Gasteiger partial charge on any atom is 0.196 e. The van der Waals surface area contributed by atoms with Gasteiger partial charge >= 0.3 is 0 Å². The van der Waals surface area contributed by atoms with Crippen LogP contribution in [0.15, 0.2) is 52.9 Å². The first kappa shape index (κ1) is 19.2. The minimum absolute atomic E-state index is 0.182. The number of aliphatic hydroxyl groups excluding tert-OH is 3. The molecule has 1 aliphatic rings. The maximum absolute atomic E-state index is 10.3. The van der Waals surface area contributed by atoms with E-state index < -0.39 is 31.1 Å². The van der Waals surface area contributed by atoms with Crippen LogP contribution in [0.25, 0.3) is 22.1 Å². The van der Waals surface area contributed by atoms with E-state index >= 15 is 0 Å². The van der Waals surface area contributed by atoms with Crippen LogP contribution in [0.3, 0.4) is 0 Å². The van der Waals surface area contributed by atoms with Crippen molar-refractivity contribution in [2.24, 2.45) is 0 Å². The number of para-hydroxylation sites is 1. The van der Waals surface area contributed by atoms with E-state index in [1.807, 2.05) is 30.3 Å². The third-order valence-corrected chi connectivity index (χ3v) is 5.82. The summed E-state index contributed by atoms with van der Waals surface area (Å²) in [6, 6.07) is 9.77. The normalized spacial score (nSPS) is 24.1. The quantitative estimate of drug-likeness (QED) is 0.343. The van der Waals surface area contributed by atoms with Crippen LogP contribution in [-0.4, -0.2) is 64.7 Å². The molecule has 1 saturated heterocycles. The summed E-state index contributed by atoms with van der Waals surface area (Å²) in [4.78, 5) is 18.3. The Kier molecular flexibility index (Phi) is 4.76. The van der Waals surface area contributed by atoms with Crippen molar-refractivity contribution in [2.75, 3.05) is 12.3 Å². The highest BCUT2D eigenvalue weighted by Gasteiger charge is 2.44. The minimum Gasteiger partial charge on any atom is -0.394 e. The molecule has 154 valence electrons. The summed E-state index contributed by atoms with van der Waals surface area (Å²) in [5.41, 5.74) is 7.68. The second-order valence-corrected chi connectivity index (χ2v) is 7.95. The molecule has 1 aliphatic heterocycles. The predicted octanol–water partition coefficient (Wildman–Crippen LogP) is 0.719. The van der Waals surface area contributed by atoms with Crippen molar-refractivity contribution < 1.29 is 20.1 Å². The number of nitrogens with two attached hydrogens (primary N) is 1. The standard InChI is InChI=1S/C19H18N6O4S/c20-16-13-17(25(8-22-13)18-15(28)14(27)12(7-26)29-18)24-19(23-16)30-10-5-9-3-1-2-4-11(9)21-6-10/h1-6,8,12,14-15,18,26-28H,7H2,(H2,20,23,24)/t12-,14?,15?,18-/m1/s1. The number of nitrogen functional groups attached to an aromatic ring is 1. The molecule has 0 radical (unpaired) electrons. The molecule has 0 spiro atoms. The summed E-state index contributed by atoms with van der Waals surface area (Å²) in [5.74, 6) is 0.182. The maximum atomic E-state index is 10.3. The predicted molar refractivity (Wildman–Crippen MR) is 109 cm³/mol. The number of aromatic nitrogens is 5. The SMILES string of the molecule is Nc1nc(Sc2cnc3ccccc3c2)nc2c1ncn2[C@@H]1O[C@H](CO)C(O)C1O. The van der Waals surface area contributed by atoms with Gasteiger partial charge in [0, 0.05) is 16.5 Å². The molecular weight excluding hydrogens is 408 g/mol. The number of rotatable bonds is 4. The van der Waals surface area contributed by atoms with Gasteiger partial charge in [0.2, 0.25) is 0 Å². The van der Waals surface area contributed by atoms with Gasteiger partial charge in [0.1, 0.15) is 23.8 Å². The highest BCUT2D eigenvalue weighted by atomic mass is 32.2. The number of fused-ring (bicyclic) bond motifs is 2. The Labute approximate surface area is 174 Å². The number of imidazole rings is 1. The van der Waals surface area contributed by atoms with Crippen molar-refractivity contribution in [1.82, 2.24) is 24.5 Å². The van der Waals surface area contributed by atoms with Gasteiger partial charge in [0.05, 0.1) is 18.5 Å². The molecule has 5 N–H and O–H groups in total. The van der Waals surface area contributed by atoms with Crippen LogP contribution in [0, 0.1) is 0 Å². The molecule has 4 aromatic rings. The van der Waals surface area contributed by atoms with Gasteiger partial charge in [-0.3, -0.25) is 9.55 Å². The average Bonchev–Trinajstić information content (AvgIpc) is 3.29. The van der Waals surface area contributed by atoms with Gasteiger partial charge < -0.3 is 25.8 Å². The number of ether oxygens (including phenoxy) is 1. The molecule has 4 atom stereocenters. The first-order valence-electron chi connectivity index (χ1n) is 9.20. The summed E-state index contributed by atoms with van der Waals surface area (Å²) >= 11 is 1.29. The molecular formula is C19H18N6O4S. The van der Waals surface area contributed by atoms with Crippen LogP contribution in [-0.2, 0) is 4.74 Å². The summed E-state index contributed by atoms with van der Waals surface area (Å²) in [7, 11) is 0. The van der Waals surface area contributed by atoms with Gasteiger partial charge in [-0.25, -0.2) is 15.0 Å². The van der Waals surface area contributed by atoms with Crippen molar-refractivity contribution in [1.29, 1.82) is 0 Å². The van der Waals surface area contributed by atoms with Crippen LogP contribution >= 0.6 is 11.8 Å². The molecule has 0 saturated carbocycles. The molecule has 5 rings (SSSR count). The van der Waals surface area contributed by atoms with Crippen molar-refractivity contribution in [3.63, 3.8) is 0 Å². The van der Waals surface area contributed by atoms with Crippen molar-refractivity contribution in [3.8, 4) is 0 Å². The van der Waals surface area contributed by atoms with Crippen LogP contribution in [0.1, 0.15) is 6.23 Å². The van der Waals surface area contributed by atoms with Gasteiger partial charge in [0.15, 0.2) is 22.8 Å². The Balaban J connectivity index is 1.52. The van der Waals surface area contributed by atoms with E-state index in [4.69, 9.17) is 10.5 Å². The molecule has 10 nitrogen and oxygen atoms in total. The summed E-state index contributed by atoms with van der Waals surface area (Å²) in [6.07, 6.45) is -1.19. The monoisotopic (exact) mass is 426 g/mol. The molecule has 2 unspecified atom stereocenters. The van der Waals surface area contributed by atoms with Crippen LogP contribution in [0.4, 0.5) is 5.82 Å². The smallest absolute Gasteiger partial charge is 0.196 e. The number of hydrogen-bond donors (Lipinski definition) is 4. The van der Waals surface area contributed by atoms with Gasteiger partial charge in [0.25, 0.3) is 0 Å². The Morgan fingerprint density at radius 1 is 1.13 bits per heavy atom. The Bertz CT molecular complexity index is 1230. The fraction of sp³-hybridized carbons (Fsp3) is 0.263. The zero-order chi connectivity index (χ0) is 20.8. The Morgan fingerprint density at radius 3 is 2.77 bits per heavy atom.